The zero-order valence-electron chi connectivity index (χ0n) is 10.3. The number of aromatic carboxylic acids is 1. The second-order valence-electron chi connectivity index (χ2n) is 4.02. The lowest BCUT2D eigenvalue weighted by atomic mass is 10.2. The number of rotatable bonds is 3. The molecule has 4 N–H and O–H groups in total. The number of hydrogen-bond donors (Lipinski definition) is 3. The van der Waals surface area contributed by atoms with Gasteiger partial charge in [0.15, 0.2) is 0 Å². The lowest BCUT2D eigenvalue weighted by Gasteiger charge is -2.09. The number of alkyl halides is 3. The Hall–Kier alpha value is -2.84. The van der Waals surface area contributed by atoms with Crippen molar-refractivity contribution in [3.8, 4) is 0 Å². The number of nitrogens with one attached hydrogen (secondary N) is 1. The van der Waals surface area contributed by atoms with Gasteiger partial charge in [0.2, 0.25) is 0 Å². The summed E-state index contributed by atoms with van der Waals surface area (Å²) in [6.45, 7) is 0. The fourth-order valence-corrected chi connectivity index (χ4v) is 1.50. The maximum Gasteiger partial charge on any atom is 0.433 e. The van der Waals surface area contributed by atoms with Crippen molar-refractivity contribution in [3.63, 3.8) is 0 Å². The van der Waals surface area contributed by atoms with Crippen LogP contribution in [0.3, 0.4) is 0 Å². The van der Waals surface area contributed by atoms with Gasteiger partial charge in [0.1, 0.15) is 11.5 Å². The van der Waals surface area contributed by atoms with Gasteiger partial charge in [-0.2, -0.15) is 13.2 Å². The third-order valence-electron chi connectivity index (χ3n) is 2.49. The van der Waals surface area contributed by atoms with Gasteiger partial charge in [-0.1, -0.05) is 0 Å². The van der Waals surface area contributed by atoms with E-state index in [0.29, 0.717) is 0 Å². The Balaban J connectivity index is 2.22. The molecule has 0 unspecified atom stereocenters. The first-order valence-electron chi connectivity index (χ1n) is 5.56. The molecule has 21 heavy (non-hydrogen) atoms. The molecule has 0 aliphatic carbocycles. The van der Waals surface area contributed by atoms with E-state index in [2.05, 4.69) is 15.3 Å². The highest BCUT2D eigenvalue weighted by molar-refractivity contribution is 5.94. The first-order chi connectivity index (χ1) is 9.77. The summed E-state index contributed by atoms with van der Waals surface area (Å²) in [6, 6.07) is 3.14. The molecule has 110 valence electrons. The van der Waals surface area contributed by atoms with E-state index < -0.39 is 17.8 Å². The molecule has 9 heteroatoms. The van der Waals surface area contributed by atoms with Gasteiger partial charge in [-0.15, -0.1) is 0 Å². The number of halogens is 3. The Morgan fingerprint density at radius 3 is 2.48 bits per heavy atom. The molecule has 0 radical (unpaired) electrons. The minimum atomic E-state index is -4.52. The molecule has 2 aromatic heterocycles. The zero-order valence-corrected chi connectivity index (χ0v) is 10.3. The first kappa shape index (κ1) is 14.6. The molecule has 2 rings (SSSR count). The third kappa shape index (κ3) is 3.38. The molecule has 0 aromatic carbocycles. The van der Waals surface area contributed by atoms with Gasteiger partial charge >= 0.3 is 12.1 Å². The topological polar surface area (TPSA) is 101 Å². The smallest absolute Gasteiger partial charge is 0.433 e. The highest BCUT2D eigenvalue weighted by Gasteiger charge is 2.32. The molecule has 0 amide bonds. The molecule has 0 spiro atoms. The van der Waals surface area contributed by atoms with Gasteiger partial charge < -0.3 is 16.2 Å². The number of aromatic nitrogens is 2. The third-order valence-corrected chi connectivity index (χ3v) is 2.49. The molecule has 6 nitrogen and oxygen atoms in total. The average Bonchev–Trinajstić information content (AvgIpc) is 2.40. The van der Waals surface area contributed by atoms with E-state index >= 15 is 0 Å². The Morgan fingerprint density at radius 1 is 1.24 bits per heavy atom. The number of pyridine rings is 2. The summed E-state index contributed by atoms with van der Waals surface area (Å²) < 4.78 is 37.1. The summed E-state index contributed by atoms with van der Waals surface area (Å²) in [4.78, 5) is 18.0. The van der Waals surface area contributed by atoms with Gasteiger partial charge in [-0.3, -0.25) is 0 Å². The molecule has 0 bridgehead atoms. The number of nitrogens with zero attached hydrogens (tertiary/aromatic N) is 2. The second kappa shape index (κ2) is 5.27. The normalized spacial score (nSPS) is 11.2. The fourth-order valence-electron chi connectivity index (χ4n) is 1.50. The molecule has 0 aliphatic heterocycles. The van der Waals surface area contributed by atoms with Crippen LogP contribution in [0.5, 0.6) is 0 Å². The number of carbonyl (C=O) groups is 1. The van der Waals surface area contributed by atoms with Crippen LogP contribution in [0.1, 0.15) is 16.1 Å². The van der Waals surface area contributed by atoms with Gasteiger partial charge in [-0.05, 0) is 18.2 Å². The SMILES string of the molecule is Nc1cnc(Nc2ccc(C(F)(F)F)nc2)cc1C(=O)O. The van der Waals surface area contributed by atoms with Crippen LogP contribution >= 0.6 is 0 Å². The van der Waals surface area contributed by atoms with E-state index in [1.54, 1.807) is 0 Å². The minimum Gasteiger partial charge on any atom is -0.478 e. The number of nitrogen functional groups attached to an aromatic ring is 1. The van der Waals surface area contributed by atoms with Crippen LogP contribution in [0, 0.1) is 0 Å². The Bertz CT molecular complexity index is 671. The van der Waals surface area contributed by atoms with Crippen LogP contribution in [-0.4, -0.2) is 21.0 Å². The zero-order chi connectivity index (χ0) is 15.6. The predicted molar refractivity (Wildman–Crippen MR) is 68.1 cm³/mol. The summed E-state index contributed by atoms with van der Waals surface area (Å²) in [6.07, 6.45) is -2.40. The van der Waals surface area contributed by atoms with Gasteiger partial charge in [0.25, 0.3) is 0 Å². The van der Waals surface area contributed by atoms with Crippen molar-refractivity contribution in [2.75, 3.05) is 11.1 Å². The van der Waals surface area contributed by atoms with Crippen molar-refractivity contribution in [2.45, 2.75) is 6.18 Å². The summed E-state index contributed by atoms with van der Waals surface area (Å²) in [5.41, 5.74) is 4.48. The molecular formula is C12H9F3N4O2. The molecule has 0 atom stereocenters. The van der Waals surface area contributed by atoms with Crippen molar-refractivity contribution in [1.29, 1.82) is 0 Å². The number of hydrogen-bond acceptors (Lipinski definition) is 5. The predicted octanol–water partition coefficient (Wildman–Crippen LogP) is 2.52. The monoisotopic (exact) mass is 298 g/mol. The Labute approximate surface area is 116 Å². The first-order valence-corrected chi connectivity index (χ1v) is 5.56. The van der Waals surface area contributed by atoms with Gasteiger partial charge in [-0.25, -0.2) is 14.8 Å². The molecule has 0 saturated heterocycles. The average molecular weight is 298 g/mol. The van der Waals surface area contributed by atoms with Crippen LogP contribution in [0.15, 0.2) is 30.6 Å². The van der Waals surface area contributed by atoms with Crippen molar-refractivity contribution in [2.24, 2.45) is 0 Å². The maximum absolute atomic E-state index is 12.4. The molecular weight excluding hydrogens is 289 g/mol. The second-order valence-corrected chi connectivity index (χ2v) is 4.02. The Kier molecular flexibility index (Phi) is 3.66. The number of carboxylic acids is 1. The highest BCUT2D eigenvalue weighted by Crippen LogP contribution is 2.28. The summed E-state index contributed by atoms with van der Waals surface area (Å²) in [7, 11) is 0. The van der Waals surface area contributed by atoms with Crippen molar-refractivity contribution < 1.29 is 23.1 Å². The molecule has 2 heterocycles. The van der Waals surface area contributed by atoms with Crippen molar-refractivity contribution >= 4 is 23.2 Å². The van der Waals surface area contributed by atoms with E-state index in [0.717, 1.165) is 24.5 Å². The van der Waals surface area contributed by atoms with E-state index in [4.69, 9.17) is 10.8 Å². The number of nitrogens with two attached hydrogens (primary N) is 1. The molecule has 0 fully saturated rings. The van der Waals surface area contributed by atoms with Crippen LogP contribution < -0.4 is 11.1 Å². The van der Waals surface area contributed by atoms with Crippen LogP contribution in [0.4, 0.5) is 30.4 Å². The standard InChI is InChI=1S/C12H9F3N4O2/c13-12(14,15)9-2-1-6(4-17-9)19-10-3-7(11(20)21)8(16)5-18-10/h1-5H,16H2,(H,18,19)(H,20,21). The lowest BCUT2D eigenvalue weighted by Crippen LogP contribution is -2.08. The van der Waals surface area contributed by atoms with Crippen molar-refractivity contribution in [1.82, 2.24) is 9.97 Å². The molecule has 0 aliphatic rings. The summed E-state index contributed by atoms with van der Waals surface area (Å²) >= 11 is 0. The van der Waals surface area contributed by atoms with E-state index in [-0.39, 0.29) is 22.8 Å². The Morgan fingerprint density at radius 2 is 1.95 bits per heavy atom. The van der Waals surface area contributed by atoms with Gasteiger partial charge in [0, 0.05) is 0 Å². The fraction of sp³-hybridized carbons (Fsp3) is 0.0833. The van der Waals surface area contributed by atoms with Crippen LogP contribution in [-0.2, 0) is 6.18 Å². The van der Waals surface area contributed by atoms with E-state index in [1.807, 2.05) is 0 Å². The van der Waals surface area contributed by atoms with E-state index in [9.17, 15) is 18.0 Å². The molecule has 0 saturated carbocycles. The van der Waals surface area contributed by atoms with Crippen molar-refractivity contribution in [3.05, 3.63) is 41.9 Å². The quantitative estimate of drug-likeness (QED) is 0.805. The largest absolute Gasteiger partial charge is 0.478 e. The molecule has 2 aromatic rings. The minimum absolute atomic E-state index is 0.0152. The van der Waals surface area contributed by atoms with Crippen LogP contribution in [0.2, 0.25) is 0 Å². The number of anilines is 3. The van der Waals surface area contributed by atoms with Gasteiger partial charge in [0.05, 0.1) is 29.3 Å². The number of carboxylic acid groups (broad SMARTS) is 1. The maximum atomic E-state index is 12.4. The summed E-state index contributed by atoms with van der Waals surface area (Å²) in [5, 5.41) is 11.6. The highest BCUT2D eigenvalue weighted by atomic mass is 19.4. The van der Waals surface area contributed by atoms with E-state index in [1.165, 1.54) is 6.07 Å². The summed E-state index contributed by atoms with van der Waals surface area (Å²) in [5.74, 6) is -1.10. The van der Waals surface area contributed by atoms with Crippen LogP contribution in [0.25, 0.3) is 0 Å². The lowest BCUT2D eigenvalue weighted by molar-refractivity contribution is -0.141.